The number of rotatable bonds is 2. The molecule has 1 aliphatic rings. The first-order chi connectivity index (χ1) is 12.2. The van der Waals surface area contributed by atoms with Crippen molar-refractivity contribution in [3.05, 3.63) is 35.2 Å². The predicted octanol–water partition coefficient (Wildman–Crippen LogP) is 4.11. The molecule has 1 saturated heterocycles. The quantitative estimate of drug-likeness (QED) is 0.583. The Bertz CT molecular complexity index is 840. The van der Waals surface area contributed by atoms with Crippen LogP contribution in [0.2, 0.25) is 5.15 Å². The molecule has 26 heavy (non-hydrogen) atoms. The lowest BCUT2D eigenvalue weighted by Gasteiger charge is -2.32. The van der Waals surface area contributed by atoms with E-state index in [-0.39, 0.29) is 17.8 Å². The molecule has 0 aromatic carbocycles. The van der Waals surface area contributed by atoms with E-state index < -0.39 is 5.60 Å². The fourth-order valence-corrected chi connectivity index (χ4v) is 3.14. The molecule has 0 bridgehead atoms. The summed E-state index contributed by atoms with van der Waals surface area (Å²) in [6, 6.07) is 5.20. The molecule has 0 aliphatic carbocycles. The number of ether oxygens (including phenoxy) is 1. The average Bonchev–Trinajstić information content (AvgIpc) is 2.59. The Morgan fingerprint density at radius 3 is 2.58 bits per heavy atom. The van der Waals surface area contributed by atoms with E-state index in [2.05, 4.69) is 9.97 Å². The van der Waals surface area contributed by atoms with Gasteiger partial charge in [-0.05, 0) is 45.7 Å². The van der Waals surface area contributed by atoms with Crippen molar-refractivity contribution < 1.29 is 14.3 Å². The van der Waals surface area contributed by atoms with Crippen LogP contribution in [0, 0.1) is 5.92 Å². The highest BCUT2D eigenvalue weighted by Gasteiger charge is 2.30. The molecule has 0 spiro atoms. The van der Waals surface area contributed by atoms with E-state index in [1.165, 1.54) is 0 Å². The lowest BCUT2D eigenvalue weighted by molar-refractivity contribution is 0.0182. The van der Waals surface area contributed by atoms with E-state index in [4.69, 9.17) is 16.3 Å². The molecule has 0 atom stereocenters. The number of carbonyl (C=O) groups is 2. The number of aromatic nitrogens is 2. The van der Waals surface area contributed by atoms with Crippen LogP contribution in [0.15, 0.2) is 24.4 Å². The first-order valence-electron chi connectivity index (χ1n) is 8.67. The summed E-state index contributed by atoms with van der Waals surface area (Å²) in [5, 5.41) is 1.19. The minimum Gasteiger partial charge on any atom is -0.444 e. The summed E-state index contributed by atoms with van der Waals surface area (Å²) in [5.41, 5.74) is 0.562. The van der Waals surface area contributed by atoms with Gasteiger partial charge in [0.05, 0.1) is 5.52 Å². The average molecular weight is 376 g/mol. The normalized spacial score (nSPS) is 15.9. The molecule has 0 unspecified atom stereocenters. The monoisotopic (exact) mass is 375 g/mol. The summed E-state index contributed by atoms with van der Waals surface area (Å²) < 4.78 is 5.39. The molecule has 1 amide bonds. The highest BCUT2D eigenvalue weighted by molar-refractivity contribution is 6.30. The van der Waals surface area contributed by atoms with Crippen LogP contribution in [0.3, 0.4) is 0 Å². The Morgan fingerprint density at radius 2 is 1.92 bits per heavy atom. The van der Waals surface area contributed by atoms with Gasteiger partial charge in [-0.3, -0.25) is 4.79 Å². The molecular formula is C19H22ClN3O3. The van der Waals surface area contributed by atoms with Crippen molar-refractivity contribution in [3.63, 3.8) is 0 Å². The predicted molar refractivity (Wildman–Crippen MR) is 99.4 cm³/mol. The van der Waals surface area contributed by atoms with Gasteiger partial charge in [0.25, 0.3) is 0 Å². The maximum Gasteiger partial charge on any atom is 0.410 e. The van der Waals surface area contributed by atoms with Crippen LogP contribution in [0.5, 0.6) is 0 Å². The number of fused-ring (bicyclic) bond motifs is 1. The number of Topliss-reactive ketones (excluding diaryl/α,β-unsaturated/α-hetero) is 1. The fraction of sp³-hybridized carbons (Fsp3) is 0.474. The molecule has 3 heterocycles. The van der Waals surface area contributed by atoms with Gasteiger partial charge < -0.3 is 9.64 Å². The van der Waals surface area contributed by atoms with Crippen LogP contribution >= 0.6 is 11.6 Å². The number of piperidine rings is 1. The standard InChI is InChI=1S/C19H22ClN3O3/c1-19(2,3)26-18(25)23-8-6-12(7-9-23)17(24)14-5-4-13-11-21-16(20)10-15(13)22-14/h4-5,10-12H,6-9H2,1-3H3. The van der Waals surface area contributed by atoms with Crippen LogP contribution in [-0.4, -0.2) is 45.4 Å². The molecule has 1 aliphatic heterocycles. The molecule has 1 fully saturated rings. The summed E-state index contributed by atoms with van der Waals surface area (Å²) in [7, 11) is 0. The Labute approximate surface area is 157 Å². The van der Waals surface area contributed by atoms with Gasteiger partial charge in [0.15, 0.2) is 5.78 Å². The second-order valence-electron chi connectivity index (χ2n) is 7.50. The molecule has 7 heteroatoms. The third kappa shape index (κ3) is 4.30. The summed E-state index contributed by atoms with van der Waals surface area (Å²) >= 11 is 5.91. The lowest BCUT2D eigenvalue weighted by Crippen LogP contribution is -2.43. The highest BCUT2D eigenvalue weighted by atomic mass is 35.5. The number of likely N-dealkylation sites (tertiary alicyclic amines) is 1. The molecule has 0 radical (unpaired) electrons. The van der Waals surface area contributed by atoms with E-state index in [1.54, 1.807) is 23.2 Å². The third-order valence-electron chi connectivity index (χ3n) is 4.31. The van der Waals surface area contributed by atoms with E-state index in [0.717, 1.165) is 5.39 Å². The minimum absolute atomic E-state index is 0.00340. The summed E-state index contributed by atoms with van der Waals surface area (Å²) in [6.07, 6.45) is 2.52. The van der Waals surface area contributed by atoms with Crippen LogP contribution in [0.25, 0.3) is 10.9 Å². The van der Waals surface area contributed by atoms with Crippen molar-refractivity contribution in [1.82, 2.24) is 14.9 Å². The molecular weight excluding hydrogens is 354 g/mol. The number of carbonyl (C=O) groups excluding carboxylic acids is 2. The van der Waals surface area contributed by atoms with Gasteiger partial charge in [-0.15, -0.1) is 0 Å². The van der Waals surface area contributed by atoms with Crippen molar-refractivity contribution in [2.75, 3.05) is 13.1 Å². The van der Waals surface area contributed by atoms with Crippen molar-refractivity contribution >= 4 is 34.4 Å². The van der Waals surface area contributed by atoms with Crippen LogP contribution in [-0.2, 0) is 4.74 Å². The smallest absolute Gasteiger partial charge is 0.410 e. The fourth-order valence-electron chi connectivity index (χ4n) is 2.99. The van der Waals surface area contributed by atoms with E-state index in [1.807, 2.05) is 26.8 Å². The van der Waals surface area contributed by atoms with Crippen molar-refractivity contribution in [3.8, 4) is 0 Å². The van der Waals surface area contributed by atoms with Crippen LogP contribution in [0.4, 0.5) is 4.79 Å². The van der Waals surface area contributed by atoms with Crippen LogP contribution < -0.4 is 0 Å². The second-order valence-corrected chi connectivity index (χ2v) is 7.89. The lowest BCUT2D eigenvalue weighted by atomic mass is 9.91. The van der Waals surface area contributed by atoms with Gasteiger partial charge in [-0.1, -0.05) is 11.6 Å². The Hall–Kier alpha value is -2.21. The first-order valence-corrected chi connectivity index (χ1v) is 9.05. The van der Waals surface area contributed by atoms with Gasteiger partial charge in [0.1, 0.15) is 16.4 Å². The topological polar surface area (TPSA) is 72.4 Å². The van der Waals surface area contributed by atoms with Gasteiger partial charge >= 0.3 is 6.09 Å². The summed E-state index contributed by atoms with van der Waals surface area (Å²) in [4.78, 5) is 35.0. The molecule has 2 aromatic heterocycles. The number of halogens is 1. The first kappa shape index (κ1) is 18.6. The zero-order valence-corrected chi connectivity index (χ0v) is 15.9. The summed E-state index contributed by atoms with van der Waals surface area (Å²) in [5.74, 6) is -0.139. The zero-order valence-electron chi connectivity index (χ0n) is 15.2. The molecule has 0 N–H and O–H groups in total. The van der Waals surface area contributed by atoms with Crippen LogP contribution in [0.1, 0.15) is 44.1 Å². The molecule has 6 nitrogen and oxygen atoms in total. The largest absolute Gasteiger partial charge is 0.444 e. The van der Waals surface area contributed by atoms with E-state index in [9.17, 15) is 9.59 Å². The number of nitrogens with zero attached hydrogens (tertiary/aromatic N) is 3. The highest BCUT2D eigenvalue weighted by Crippen LogP contribution is 2.24. The molecule has 3 rings (SSSR count). The Balaban J connectivity index is 1.66. The molecule has 0 saturated carbocycles. The third-order valence-corrected chi connectivity index (χ3v) is 4.52. The van der Waals surface area contributed by atoms with Gasteiger partial charge in [-0.25, -0.2) is 14.8 Å². The summed E-state index contributed by atoms with van der Waals surface area (Å²) in [6.45, 7) is 6.54. The van der Waals surface area contributed by atoms with Crippen molar-refractivity contribution in [2.24, 2.45) is 5.92 Å². The van der Waals surface area contributed by atoms with Gasteiger partial charge in [0, 0.05) is 36.7 Å². The number of hydrogen-bond donors (Lipinski definition) is 0. The SMILES string of the molecule is CC(C)(C)OC(=O)N1CCC(C(=O)c2ccc3cnc(Cl)cc3n2)CC1. The number of ketones is 1. The van der Waals surface area contributed by atoms with Crippen molar-refractivity contribution in [2.45, 2.75) is 39.2 Å². The van der Waals surface area contributed by atoms with E-state index >= 15 is 0 Å². The second kappa shape index (κ2) is 7.19. The van der Waals surface area contributed by atoms with Gasteiger partial charge in [0.2, 0.25) is 0 Å². The number of pyridine rings is 2. The Morgan fingerprint density at radius 1 is 1.23 bits per heavy atom. The Kier molecular flexibility index (Phi) is 5.14. The van der Waals surface area contributed by atoms with Gasteiger partial charge in [-0.2, -0.15) is 0 Å². The maximum absolute atomic E-state index is 12.8. The molecule has 2 aromatic rings. The number of hydrogen-bond acceptors (Lipinski definition) is 5. The minimum atomic E-state index is -0.519. The molecule has 138 valence electrons. The van der Waals surface area contributed by atoms with E-state index in [0.29, 0.717) is 42.3 Å². The zero-order chi connectivity index (χ0) is 18.9. The maximum atomic E-state index is 12.8. The van der Waals surface area contributed by atoms with Crippen molar-refractivity contribution in [1.29, 1.82) is 0 Å². The number of amides is 1.